The highest BCUT2D eigenvalue weighted by atomic mass is 31.2. The summed E-state index contributed by atoms with van der Waals surface area (Å²) in [5.41, 5.74) is 0. The molecule has 0 fully saturated rings. The van der Waals surface area contributed by atoms with Gasteiger partial charge in [-0.25, -0.2) is 9.13 Å². The fourth-order valence-electron chi connectivity index (χ4n) is 12.3. The molecule has 5 atom stereocenters. The molecule has 0 saturated heterocycles. The van der Waals surface area contributed by atoms with Gasteiger partial charge in [0.2, 0.25) is 0 Å². The number of aliphatic hydroxyl groups excluding tert-OH is 1. The normalized spacial score (nSPS) is 14.0. The molecule has 102 heavy (non-hydrogen) atoms. The van der Waals surface area contributed by atoms with Crippen molar-refractivity contribution in [3.8, 4) is 0 Å². The van der Waals surface area contributed by atoms with E-state index in [2.05, 4.69) is 65.8 Å². The molecule has 0 aliphatic carbocycles. The number of ether oxygens (including phenoxy) is 4. The molecule has 0 radical (unpaired) electrons. The molecule has 0 heterocycles. The van der Waals surface area contributed by atoms with Crippen molar-refractivity contribution in [2.24, 2.45) is 11.8 Å². The summed E-state index contributed by atoms with van der Waals surface area (Å²) in [7, 11) is -9.94. The number of hydrogen-bond acceptors (Lipinski definition) is 15. The Balaban J connectivity index is 5.29. The molecule has 0 saturated carbocycles. The Morgan fingerprint density at radius 2 is 0.529 bits per heavy atom. The average molecular weight is 1490 g/mol. The second-order valence-electron chi connectivity index (χ2n) is 30.1. The van der Waals surface area contributed by atoms with Gasteiger partial charge >= 0.3 is 39.5 Å². The standard InChI is InChI=1S/C83H158O17P2/c1-7-9-11-13-15-17-19-21-23-24-28-31-35-41-47-53-59-65-80(85)93-71-78(99-83(88)68-62-56-50-43-37-33-29-25-27-30-34-39-45-51-57-63-75(3)4)73-97-101(89,90)95-69-77(84)70-96-102(91,92)98-74-79(72-94-81(86)66-60-54-48-44-38-40-46-52-58-64-76(5)6)100-82(87)67-61-55-49-42-36-32-26-22-20-18-16-14-12-10-8-2/h18,20,22,26,75-79,84H,7-17,19,21,23-25,27-74H2,1-6H3,(H,89,90)(H,91,92)/b20-18-,26-22-/t77-,78-,79-/m1/s1. The molecule has 0 aromatic heterocycles. The maximum absolute atomic E-state index is 13.1. The van der Waals surface area contributed by atoms with Crippen LogP contribution < -0.4 is 0 Å². The van der Waals surface area contributed by atoms with E-state index in [1.54, 1.807) is 0 Å². The van der Waals surface area contributed by atoms with Gasteiger partial charge in [0.15, 0.2) is 12.2 Å². The summed E-state index contributed by atoms with van der Waals surface area (Å²) in [6.45, 7) is 9.59. The SMILES string of the molecule is CCCCCC/C=C\C=C/CCCCCCCC(=O)O[C@H](COC(=O)CCCCCCCCCCCC(C)C)COP(=O)(O)OC[C@H](O)COP(=O)(O)OC[C@@H](COC(=O)CCCCCCCCCCCCCCCCCCC)OC(=O)CCCCCCCCCCCCCCCCCC(C)C. The van der Waals surface area contributed by atoms with Gasteiger partial charge in [-0.05, 0) is 63.2 Å². The molecule has 19 heteroatoms. The van der Waals surface area contributed by atoms with Gasteiger partial charge in [0, 0.05) is 25.7 Å². The largest absolute Gasteiger partial charge is 0.472 e. The van der Waals surface area contributed by atoms with Crippen LogP contribution >= 0.6 is 15.6 Å². The van der Waals surface area contributed by atoms with Gasteiger partial charge in [0.05, 0.1) is 26.4 Å². The fourth-order valence-corrected chi connectivity index (χ4v) is 13.9. The lowest BCUT2D eigenvalue weighted by Crippen LogP contribution is -2.30. The lowest BCUT2D eigenvalue weighted by Gasteiger charge is -2.21. The second kappa shape index (κ2) is 74.0. The summed E-state index contributed by atoms with van der Waals surface area (Å²) in [6.07, 6.45) is 67.4. The first-order chi connectivity index (χ1) is 49.4. The van der Waals surface area contributed by atoms with Crippen molar-refractivity contribution in [2.45, 2.75) is 432 Å². The lowest BCUT2D eigenvalue weighted by molar-refractivity contribution is -0.161. The number of carbonyl (C=O) groups excluding carboxylic acids is 4. The minimum absolute atomic E-state index is 0.0849. The van der Waals surface area contributed by atoms with Crippen LogP contribution in [0.2, 0.25) is 0 Å². The van der Waals surface area contributed by atoms with E-state index < -0.39 is 97.5 Å². The van der Waals surface area contributed by atoms with Gasteiger partial charge < -0.3 is 33.8 Å². The van der Waals surface area contributed by atoms with Crippen molar-refractivity contribution in [3.05, 3.63) is 24.3 Å². The maximum atomic E-state index is 13.1. The van der Waals surface area contributed by atoms with Gasteiger partial charge in [-0.3, -0.25) is 37.3 Å². The topological polar surface area (TPSA) is 237 Å². The highest BCUT2D eigenvalue weighted by Gasteiger charge is 2.30. The Morgan fingerprint density at radius 1 is 0.304 bits per heavy atom. The number of aliphatic hydroxyl groups is 1. The Kier molecular flexibility index (Phi) is 72.2. The highest BCUT2D eigenvalue weighted by molar-refractivity contribution is 7.47. The Morgan fingerprint density at radius 3 is 0.804 bits per heavy atom. The number of rotatable bonds is 80. The minimum Gasteiger partial charge on any atom is -0.462 e. The first kappa shape index (κ1) is 99.5. The van der Waals surface area contributed by atoms with Crippen LogP contribution in [0, 0.1) is 11.8 Å². The molecule has 0 aliphatic heterocycles. The van der Waals surface area contributed by atoms with Crippen LogP contribution in [-0.2, 0) is 65.4 Å². The van der Waals surface area contributed by atoms with E-state index in [0.29, 0.717) is 25.7 Å². The van der Waals surface area contributed by atoms with E-state index in [9.17, 15) is 43.2 Å². The lowest BCUT2D eigenvalue weighted by atomic mass is 10.0. The molecule has 3 N–H and O–H groups in total. The fraction of sp³-hybridized carbons (Fsp3) is 0.904. The van der Waals surface area contributed by atoms with E-state index in [1.165, 1.54) is 218 Å². The van der Waals surface area contributed by atoms with E-state index in [0.717, 1.165) is 115 Å². The van der Waals surface area contributed by atoms with Gasteiger partial charge in [0.25, 0.3) is 0 Å². The number of phosphoric acid groups is 2. The number of allylic oxidation sites excluding steroid dienone is 4. The van der Waals surface area contributed by atoms with Gasteiger partial charge in [-0.15, -0.1) is 0 Å². The Hall–Kier alpha value is -2.46. The van der Waals surface area contributed by atoms with Crippen molar-refractivity contribution in [3.63, 3.8) is 0 Å². The molecule has 0 spiro atoms. The molecule has 2 unspecified atom stereocenters. The summed E-state index contributed by atoms with van der Waals surface area (Å²) >= 11 is 0. The zero-order valence-corrected chi connectivity index (χ0v) is 68.2. The number of phosphoric ester groups is 2. The Labute approximate surface area is 624 Å². The molecule has 0 aromatic rings. The number of hydrogen-bond donors (Lipinski definition) is 3. The minimum atomic E-state index is -4.97. The molecule has 0 aromatic carbocycles. The van der Waals surface area contributed by atoms with Crippen LogP contribution in [0.1, 0.15) is 414 Å². The average Bonchev–Trinajstić information content (AvgIpc) is 0.921. The van der Waals surface area contributed by atoms with E-state index in [1.807, 2.05) is 0 Å². The molecule has 0 bridgehead atoms. The van der Waals surface area contributed by atoms with Crippen molar-refractivity contribution in [1.29, 1.82) is 0 Å². The second-order valence-corrected chi connectivity index (χ2v) is 33.0. The molecular formula is C83H158O17P2. The third-order valence-corrected chi connectivity index (χ3v) is 20.7. The van der Waals surface area contributed by atoms with Crippen LogP contribution in [-0.4, -0.2) is 96.7 Å². The first-order valence-electron chi connectivity index (χ1n) is 42.3. The van der Waals surface area contributed by atoms with Crippen molar-refractivity contribution in [2.75, 3.05) is 39.6 Å². The summed E-state index contributed by atoms with van der Waals surface area (Å²) in [5.74, 6) is -0.594. The molecule has 602 valence electrons. The van der Waals surface area contributed by atoms with Gasteiger partial charge in [-0.2, -0.15) is 0 Å². The number of esters is 4. The van der Waals surface area contributed by atoms with Crippen LogP contribution in [0.5, 0.6) is 0 Å². The molecule has 0 rings (SSSR count). The maximum Gasteiger partial charge on any atom is 0.472 e. The van der Waals surface area contributed by atoms with E-state index in [-0.39, 0.29) is 25.7 Å². The predicted octanol–water partition coefficient (Wildman–Crippen LogP) is 24.6. The van der Waals surface area contributed by atoms with E-state index in [4.69, 9.17) is 37.0 Å². The molecular weight excluding hydrogens is 1330 g/mol. The Bertz CT molecular complexity index is 2050. The van der Waals surface area contributed by atoms with Crippen molar-refractivity contribution >= 4 is 39.5 Å². The summed E-state index contributed by atoms with van der Waals surface area (Å²) < 4.78 is 68.8. The third kappa shape index (κ3) is 75.8. The van der Waals surface area contributed by atoms with Crippen molar-refractivity contribution in [1.82, 2.24) is 0 Å². The summed E-state index contributed by atoms with van der Waals surface area (Å²) in [5, 5.41) is 10.7. The predicted molar refractivity (Wildman–Crippen MR) is 418 cm³/mol. The third-order valence-electron chi connectivity index (χ3n) is 18.8. The summed E-state index contributed by atoms with van der Waals surface area (Å²) in [6, 6.07) is 0. The quantitative estimate of drug-likeness (QED) is 0.0169. The summed E-state index contributed by atoms with van der Waals surface area (Å²) in [4.78, 5) is 73.1. The molecule has 0 amide bonds. The smallest absolute Gasteiger partial charge is 0.462 e. The molecule has 17 nitrogen and oxygen atoms in total. The monoisotopic (exact) mass is 1490 g/mol. The first-order valence-corrected chi connectivity index (χ1v) is 45.3. The van der Waals surface area contributed by atoms with Crippen LogP contribution in [0.25, 0.3) is 0 Å². The zero-order chi connectivity index (χ0) is 74.9. The van der Waals surface area contributed by atoms with Crippen LogP contribution in [0.3, 0.4) is 0 Å². The van der Waals surface area contributed by atoms with Crippen molar-refractivity contribution < 1.29 is 80.2 Å². The van der Waals surface area contributed by atoms with Gasteiger partial charge in [-0.1, -0.05) is 361 Å². The molecule has 0 aliphatic rings. The highest BCUT2D eigenvalue weighted by Crippen LogP contribution is 2.45. The van der Waals surface area contributed by atoms with Crippen LogP contribution in [0.15, 0.2) is 24.3 Å². The zero-order valence-electron chi connectivity index (χ0n) is 66.4. The number of carbonyl (C=O) groups is 4. The van der Waals surface area contributed by atoms with Gasteiger partial charge in [0.1, 0.15) is 19.3 Å². The number of unbranched alkanes of at least 4 members (excludes halogenated alkanes) is 47. The van der Waals surface area contributed by atoms with Crippen LogP contribution in [0.4, 0.5) is 0 Å². The van der Waals surface area contributed by atoms with E-state index >= 15 is 0 Å².